The Balaban J connectivity index is 2.07. The Morgan fingerprint density at radius 2 is 1.96 bits per heavy atom. The van der Waals surface area contributed by atoms with Gasteiger partial charge in [-0.05, 0) is 13.8 Å². The van der Waals surface area contributed by atoms with Gasteiger partial charge in [-0.15, -0.1) is 0 Å². The van der Waals surface area contributed by atoms with Gasteiger partial charge in [0.05, 0.1) is 16.4 Å². The third-order valence-electron chi connectivity index (χ3n) is 3.47. The van der Waals surface area contributed by atoms with Crippen molar-refractivity contribution in [3.8, 4) is 0 Å². The molecule has 0 saturated carbocycles. The smallest absolute Gasteiger partial charge is 0.320 e. The fourth-order valence-corrected chi connectivity index (χ4v) is 2.35. The molecule has 2 heterocycles. The van der Waals surface area contributed by atoms with Gasteiger partial charge in [-0.3, -0.25) is 34.4 Å². The van der Waals surface area contributed by atoms with Gasteiger partial charge < -0.3 is 5.32 Å². The van der Waals surface area contributed by atoms with E-state index < -0.39 is 21.4 Å². The third-order valence-corrected chi connectivity index (χ3v) is 3.47. The molecule has 12 heteroatoms. The fourth-order valence-electron chi connectivity index (χ4n) is 2.35. The highest BCUT2D eigenvalue weighted by molar-refractivity contribution is 5.96. The highest BCUT2D eigenvalue weighted by Gasteiger charge is 2.25. The van der Waals surface area contributed by atoms with Crippen molar-refractivity contribution in [2.75, 3.05) is 6.54 Å². The van der Waals surface area contributed by atoms with Crippen LogP contribution in [0.5, 0.6) is 0 Å². The number of aryl methyl sites for hydroxylation is 2. The molecular formula is C12H15N7O5. The van der Waals surface area contributed by atoms with Gasteiger partial charge in [0.2, 0.25) is 5.69 Å². The van der Waals surface area contributed by atoms with E-state index in [-0.39, 0.29) is 30.2 Å². The second kappa shape index (κ2) is 6.44. The molecular weight excluding hydrogens is 322 g/mol. The first-order chi connectivity index (χ1) is 11.2. The summed E-state index contributed by atoms with van der Waals surface area (Å²) in [5.74, 6) is -0.655. The summed E-state index contributed by atoms with van der Waals surface area (Å²) in [5, 5.41) is 32.1. The SMILES string of the molecule is Cc1nn(CCNC(=O)c2c([N+](=O)[O-])cnn2C)c(C)c1[N+](=O)[O-]. The van der Waals surface area contributed by atoms with Gasteiger partial charge in [0.15, 0.2) is 0 Å². The summed E-state index contributed by atoms with van der Waals surface area (Å²) in [6.45, 7) is 3.38. The summed E-state index contributed by atoms with van der Waals surface area (Å²) in [6.07, 6.45) is 0.999. The number of carbonyl (C=O) groups excluding carboxylic acids is 1. The van der Waals surface area contributed by atoms with Crippen LogP contribution in [0, 0.1) is 34.1 Å². The molecule has 0 atom stereocenters. The molecule has 12 nitrogen and oxygen atoms in total. The zero-order valence-corrected chi connectivity index (χ0v) is 13.2. The van der Waals surface area contributed by atoms with Crippen LogP contribution in [0.2, 0.25) is 0 Å². The zero-order chi connectivity index (χ0) is 18.0. The summed E-state index contributed by atoms with van der Waals surface area (Å²) >= 11 is 0. The predicted octanol–water partition coefficient (Wildman–Crippen LogP) is 0.480. The first kappa shape index (κ1) is 17.1. The highest BCUT2D eigenvalue weighted by atomic mass is 16.6. The van der Waals surface area contributed by atoms with Gasteiger partial charge in [0.25, 0.3) is 5.91 Å². The molecule has 0 aromatic carbocycles. The van der Waals surface area contributed by atoms with E-state index in [2.05, 4.69) is 15.5 Å². The Hall–Kier alpha value is -3.31. The molecule has 128 valence electrons. The molecule has 0 radical (unpaired) electrons. The molecule has 0 aliphatic carbocycles. The third kappa shape index (κ3) is 3.06. The monoisotopic (exact) mass is 337 g/mol. The predicted molar refractivity (Wildman–Crippen MR) is 80.6 cm³/mol. The van der Waals surface area contributed by atoms with E-state index in [0.29, 0.717) is 5.69 Å². The second-order valence-electron chi connectivity index (χ2n) is 5.01. The quantitative estimate of drug-likeness (QED) is 0.594. The van der Waals surface area contributed by atoms with Crippen LogP contribution in [0.15, 0.2) is 6.20 Å². The van der Waals surface area contributed by atoms with Crippen molar-refractivity contribution in [1.82, 2.24) is 24.9 Å². The van der Waals surface area contributed by atoms with E-state index in [9.17, 15) is 25.0 Å². The number of nitrogens with zero attached hydrogens (tertiary/aromatic N) is 6. The first-order valence-electron chi connectivity index (χ1n) is 6.87. The number of amides is 1. The van der Waals surface area contributed by atoms with Crippen LogP contribution in [-0.2, 0) is 13.6 Å². The maximum atomic E-state index is 12.1. The number of nitrogens with one attached hydrogen (secondary N) is 1. The molecule has 0 aliphatic rings. The van der Waals surface area contributed by atoms with Crippen molar-refractivity contribution in [3.05, 3.63) is 43.5 Å². The number of aromatic nitrogens is 4. The van der Waals surface area contributed by atoms with Crippen LogP contribution < -0.4 is 5.32 Å². The summed E-state index contributed by atoms with van der Waals surface area (Å²) in [6, 6.07) is 0. The Morgan fingerprint density at radius 1 is 1.29 bits per heavy atom. The lowest BCUT2D eigenvalue weighted by Gasteiger charge is -2.06. The van der Waals surface area contributed by atoms with E-state index in [1.165, 1.54) is 18.7 Å². The van der Waals surface area contributed by atoms with Crippen molar-refractivity contribution in [1.29, 1.82) is 0 Å². The molecule has 24 heavy (non-hydrogen) atoms. The van der Waals surface area contributed by atoms with E-state index >= 15 is 0 Å². The second-order valence-corrected chi connectivity index (χ2v) is 5.01. The molecule has 2 aromatic rings. The summed E-state index contributed by atoms with van der Waals surface area (Å²) in [4.78, 5) is 32.7. The number of carbonyl (C=O) groups is 1. The standard InChI is InChI=1S/C12H15N7O5/c1-7-10(19(23)24)8(2)17(15-7)5-4-13-12(20)11-9(18(21)22)6-14-16(11)3/h6H,4-5H2,1-3H3,(H,13,20). The van der Waals surface area contributed by atoms with Crippen LogP contribution in [0.1, 0.15) is 21.9 Å². The Labute approximate surface area is 135 Å². The molecule has 0 bridgehead atoms. The van der Waals surface area contributed by atoms with E-state index in [1.54, 1.807) is 6.92 Å². The van der Waals surface area contributed by atoms with Crippen molar-refractivity contribution in [2.24, 2.45) is 7.05 Å². The van der Waals surface area contributed by atoms with Crippen molar-refractivity contribution < 1.29 is 14.6 Å². The molecule has 1 amide bonds. The maximum Gasteiger partial charge on any atom is 0.320 e. The summed E-state index contributed by atoms with van der Waals surface area (Å²) < 4.78 is 2.52. The van der Waals surface area contributed by atoms with Crippen LogP contribution >= 0.6 is 0 Å². The summed E-state index contributed by atoms with van der Waals surface area (Å²) in [7, 11) is 1.42. The van der Waals surface area contributed by atoms with Crippen LogP contribution in [0.4, 0.5) is 11.4 Å². The van der Waals surface area contributed by atoms with Crippen molar-refractivity contribution in [2.45, 2.75) is 20.4 Å². The average Bonchev–Trinajstić information content (AvgIpc) is 2.99. The Morgan fingerprint density at radius 3 is 2.50 bits per heavy atom. The molecule has 0 fully saturated rings. The molecule has 0 unspecified atom stereocenters. The van der Waals surface area contributed by atoms with Crippen LogP contribution in [-0.4, -0.2) is 41.9 Å². The normalized spacial score (nSPS) is 10.6. The minimum absolute atomic E-state index is 0.0661. The van der Waals surface area contributed by atoms with Gasteiger partial charge in [-0.1, -0.05) is 0 Å². The van der Waals surface area contributed by atoms with E-state index in [1.807, 2.05) is 0 Å². The fraction of sp³-hybridized carbons (Fsp3) is 0.417. The van der Waals surface area contributed by atoms with E-state index in [4.69, 9.17) is 0 Å². The highest BCUT2D eigenvalue weighted by Crippen LogP contribution is 2.21. The molecule has 0 saturated heterocycles. The lowest BCUT2D eigenvalue weighted by atomic mass is 10.3. The maximum absolute atomic E-state index is 12.1. The molecule has 0 aliphatic heterocycles. The Kier molecular flexibility index (Phi) is 4.57. The van der Waals surface area contributed by atoms with Gasteiger partial charge in [0.1, 0.15) is 17.6 Å². The largest absolute Gasteiger partial charge is 0.349 e. The minimum atomic E-state index is -0.688. The average molecular weight is 337 g/mol. The summed E-state index contributed by atoms with van der Waals surface area (Å²) in [5.41, 5.74) is 0.0315. The molecule has 1 N–H and O–H groups in total. The molecule has 2 aromatic heterocycles. The van der Waals surface area contributed by atoms with Gasteiger partial charge in [0, 0.05) is 13.6 Å². The minimum Gasteiger partial charge on any atom is -0.349 e. The van der Waals surface area contributed by atoms with Crippen LogP contribution in [0.25, 0.3) is 0 Å². The zero-order valence-electron chi connectivity index (χ0n) is 13.2. The number of hydrogen-bond donors (Lipinski definition) is 1. The topological polar surface area (TPSA) is 151 Å². The first-order valence-corrected chi connectivity index (χ1v) is 6.87. The van der Waals surface area contributed by atoms with Crippen LogP contribution in [0.3, 0.4) is 0 Å². The van der Waals surface area contributed by atoms with Gasteiger partial charge in [-0.25, -0.2) is 0 Å². The molecule has 0 spiro atoms. The van der Waals surface area contributed by atoms with Crippen molar-refractivity contribution in [3.63, 3.8) is 0 Å². The van der Waals surface area contributed by atoms with Crippen molar-refractivity contribution >= 4 is 17.3 Å². The number of rotatable bonds is 6. The molecule has 2 rings (SSSR count). The van der Waals surface area contributed by atoms with Gasteiger partial charge >= 0.3 is 11.4 Å². The van der Waals surface area contributed by atoms with E-state index in [0.717, 1.165) is 10.9 Å². The number of nitro groups is 2. The lowest BCUT2D eigenvalue weighted by Crippen LogP contribution is -2.30. The Bertz CT molecular complexity index is 822. The number of hydrogen-bond acceptors (Lipinski definition) is 7. The van der Waals surface area contributed by atoms with Gasteiger partial charge in [-0.2, -0.15) is 10.2 Å². The lowest BCUT2D eigenvalue weighted by molar-refractivity contribution is -0.386.